The summed E-state index contributed by atoms with van der Waals surface area (Å²) >= 11 is 0. The smallest absolute Gasteiger partial charge is 0.0471 e. The van der Waals surface area contributed by atoms with Crippen LogP contribution in [-0.2, 0) is 10.2 Å². The van der Waals surface area contributed by atoms with Crippen molar-refractivity contribution < 1.29 is 4.74 Å². The van der Waals surface area contributed by atoms with Gasteiger partial charge in [-0.1, -0.05) is 25.1 Å². The second kappa shape index (κ2) is 4.23. The molecule has 0 fully saturated rings. The van der Waals surface area contributed by atoms with Crippen LogP contribution in [0.2, 0.25) is 0 Å². The maximum absolute atomic E-state index is 5.22. The molecule has 1 unspecified atom stereocenters. The Hall–Kier alpha value is -1.02. The van der Waals surface area contributed by atoms with Gasteiger partial charge in [0.2, 0.25) is 0 Å². The molecule has 15 heavy (non-hydrogen) atoms. The van der Waals surface area contributed by atoms with Crippen molar-refractivity contribution in [2.24, 2.45) is 0 Å². The highest BCUT2D eigenvalue weighted by Gasteiger charge is 2.36. The molecule has 1 aromatic carbocycles. The van der Waals surface area contributed by atoms with Crippen LogP contribution in [0.4, 0.5) is 5.69 Å². The molecule has 0 amide bonds. The van der Waals surface area contributed by atoms with Gasteiger partial charge in [-0.15, -0.1) is 0 Å². The van der Waals surface area contributed by atoms with Crippen LogP contribution in [0.5, 0.6) is 0 Å². The van der Waals surface area contributed by atoms with Gasteiger partial charge in [-0.25, -0.2) is 0 Å². The van der Waals surface area contributed by atoms with Crippen LogP contribution in [0.3, 0.4) is 0 Å². The fourth-order valence-electron chi connectivity index (χ4n) is 2.47. The van der Waals surface area contributed by atoms with Crippen molar-refractivity contribution in [1.29, 1.82) is 0 Å². The topological polar surface area (TPSA) is 21.3 Å². The van der Waals surface area contributed by atoms with Gasteiger partial charge in [-0.2, -0.15) is 0 Å². The summed E-state index contributed by atoms with van der Waals surface area (Å²) in [5.74, 6) is 0. The van der Waals surface area contributed by atoms with Crippen molar-refractivity contribution in [3.63, 3.8) is 0 Å². The van der Waals surface area contributed by atoms with E-state index in [9.17, 15) is 0 Å². The van der Waals surface area contributed by atoms with Gasteiger partial charge in [-0.05, 0) is 24.5 Å². The minimum atomic E-state index is 0.284. The lowest BCUT2D eigenvalue weighted by Crippen LogP contribution is -2.29. The molecule has 1 atom stereocenters. The number of hydrogen-bond donors (Lipinski definition) is 1. The molecular weight excluding hydrogens is 186 g/mol. The minimum absolute atomic E-state index is 0.284. The van der Waals surface area contributed by atoms with Gasteiger partial charge in [0.05, 0.1) is 0 Å². The number of benzene rings is 1. The third-order valence-corrected chi connectivity index (χ3v) is 3.58. The van der Waals surface area contributed by atoms with Crippen molar-refractivity contribution in [3.8, 4) is 0 Å². The highest BCUT2D eigenvalue weighted by atomic mass is 16.5. The number of anilines is 1. The van der Waals surface area contributed by atoms with Gasteiger partial charge < -0.3 is 10.1 Å². The van der Waals surface area contributed by atoms with E-state index in [0.717, 1.165) is 19.6 Å². The maximum Gasteiger partial charge on any atom is 0.0471 e. The normalized spacial score (nSPS) is 23.6. The highest BCUT2D eigenvalue weighted by Crippen LogP contribution is 2.41. The number of hydrogen-bond acceptors (Lipinski definition) is 2. The van der Waals surface area contributed by atoms with Gasteiger partial charge in [-0.3, -0.25) is 0 Å². The first-order chi connectivity index (χ1) is 7.32. The fraction of sp³-hybridized carbons (Fsp3) is 0.538. The molecule has 1 heterocycles. The Labute approximate surface area is 91.6 Å². The van der Waals surface area contributed by atoms with E-state index in [-0.39, 0.29) is 5.41 Å². The Morgan fingerprint density at radius 3 is 2.93 bits per heavy atom. The molecule has 2 rings (SSSR count). The molecule has 1 aliphatic rings. The fourth-order valence-corrected chi connectivity index (χ4v) is 2.47. The lowest BCUT2D eigenvalue weighted by atomic mass is 9.77. The molecular formula is C13H19NO. The highest BCUT2D eigenvalue weighted by molar-refractivity contribution is 5.60. The lowest BCUT2D eigenvalue weighted by Gasteiger charge is -2.27. The van der Waals surface area contributed by atoms with E-state index >= 15 is 0 Å². The van der Waals surface area contributed by atoms with Crippen LogP contribution >= 0.6 is 0 Å². The van der Waals surface area contributed by atoms with E-state index in [2.05, 4.69) is 36.5 Å². The largest absolute Gasteiger partial charge is 0.385 e. The minimum Gasteiger partial charge on any atom is -0.385 e. The number of para-hydroxylation sites is 1. The van der Waals surface area contributed by atoms with Crippen LogP contribution in [0.1, 0.15) is 25.3 Å². The average molecular weight is 205 g/mol. The van der Waals surface area contributed by atoms with E-state index < -0.39 is 0 Å². The molecule has 2 heteroatoms. The molecule has 0 saturated heterocycles. The quantitative estimate of drug-likeness (QED) is 0.816. The third kappa shape index (κ3) is 1.74. The monoisotopic (exact) mass is 205 g/mol. The van der Waals surface area contributed by atoms with Crippen molar-refractivity contribution in [2.45, 2.75) is 25.2 Å². The number of fused-ring (bicyclic) bond motifs is 1. The molecule has 2 nitrogen and oxygen atoms in total. The second-order valence-corrected chi connectivity index (χ2v) is 4.28. The molecule has 0 spiro atoms. The summed E-state index contributed by atoms with van der Waals surface area (Å²) in [5, 5.41) is 3.50. The summed E-state index contributed by atoms with van der Waals surface area (Å²) in [6, 6.07) is 8.63. The van der Waals surface area contributed by atoms with Gasteiger partial charge in [0.25, 0.3) is 0 Å². The van der Waals surface area contributed by atoms with Gasteiger partial charge in [0.15, 0.2) is 0 Å². The number of rotatable bonds is 4. The molecule has 0 radical (unpaired) electrons. The summed E-state index contributed by atoms with van der Waals surface area (Å²) in [5.41, 5.74) is 3.05. The van der Waals surface area contributed by atoms with Crippen LogP contribution in [-0.4, -0.2) is 20.3 Å². The van der Waals surface area contributed by atoms with Gasteiger partial charge in [0.1, 0.15) is 0 Å². The summed E-state index contributed by atoms with van der Waals surface area (Å²) in [6.07, 6.45) is 2.27. The Morgan fingerprint density at radius 1 is 1.40 bits per heavy atom. The first kappa shape index (κ1) is 10.5. The lowest BCUT2D eigenvalue weighted by molar-refractivity contribution is 0.169. The first-order valence-corrected chi connectivity index (χ1v) is 5.65. The Bertz CT molecular complexity index is 337. The number of ether oxygens (including phenoxy) is 1. The first-order valence-electron chi connectivity index (χ1n) is 5.65. The molecule has 1 aliphatic heterocycles. The van der Waals surface area contributed by atoms with Gasteiger partial charge >= 0.3 is 0 Å². The van der Waals surface area contributed by atoms with E-state index in [0.29, 0.717) is 0 Å². The van der Waals surface area contributed by atoms with E-state index in [1.165, 1.54) is 17.7 Å². The maximum atomic E-state index is 5.22. The summed E-state index contributed by atoms with van der Waals surface area (Å²) in [4.78, 5) is 0. The average Bonchev–Trinajstić information content (AvgIpc) is 2.66. The standard InChI is InChI=1S/C13H19NO/c1-3-13(8-9-15-2)10-14-12-7-5-4-6-11(12)13/h4-7,14H,3,8-10H2,1-2H3. The predicted octanol–water partition coefficient (Wildman–Crippen LogP) is 2.80. The predicted molar refractivity (Wildman–Crippen MR) is 63.4 cm³/mol. The van der Waals surface area contributed by atoms with Crippen LogP contribution < -0.4 is 5.32 Å². The summed E-state index contributed by atoms with van der Waals surface area (Å²) in [7, 11) is 1.78. The zero-order valence-electron chi connectivity index (χ0n) is 9.55. The van der Waals surface area contributed by atoms with Crippen molar-refractivity contribution in [2.75, 3.05) is 25.6 Å². The molecule has 0 aromatic heterocycles. The zero-order chi connectivity index (χ0) is 10.7. The third-order valence-electron chi connectivity index (χ3n) is 3.58. The van der Waals surface area contributed by atoms with E-state index in [4.69, 9.17) is 4.74 Å². The van der Waals surface area contributed by atoms with Crippen LogP contribution in [0, 0.1) is 0 Å². The van der Waals surface area contributed by atoms with E-state index in [1.807, 2.05) is 0 Å². The molecule has 82 valence electrons. The Kier molecular flexibility index (Phi) is 2.96. The van der Waals surface area contributed by atoms with E-state index in [1.54, 1.807) is 7.11 Å². The molecule has 0 saturated carbocycles. The molecule has 1 aromatic rings. The second-order valence-electron chi connectivity index (χ2n) is 4.28. The van der Waals surface area contributed by atoms with Crippen LogP contribution in [0.25, 0.3) is 0 Å². The summed E-state index contributed by atoms with van der Waals surface area (Å²) < 4.78 is 5.22. The van der Waals surface area contributed by atoms with Crippen LogP contribution in [0.15, 0.2) is 24.3 Å². The Morgan fingerprint density at radius 2 is 2.20 bits per heavy atom. The number of methoxy groups -OCH3 is 1. The molecule has 0 aliphatic carbocycles. The van der Waals surface area contributed by atoms with Gasteiger partial charge in [0, 0.05) is 31.4 Å². The Balaban J connectivity index is 2.28. The SMILES string of the molecule is CCC1(CCOC)CNc2ccccc21. The summed E-state index contributed by atoms with van der Waals surface area (Å²) in [6.45, 7) is 4.15. The zero-order valence-corrected chi connectivity index (χ0v) is 9.55. The molecule has 0 bridgehead atoms. The van der Waals surface area contributed by atoms with Crippen molar-refractivity contribution >= 4 is 5.69 Å². The number of nitrogens with one attached hydrogen (secondary N) is 1. The van der Waals surface area contributed by atoms with Crippen molar-refractivity contribution in [3.05, 3.63) is 29.8 Å². The molecule has 1 N–H and O–H groups in total. The van der Waals surface area contributed by atoms with Crippen molar-refractivity contribution in [1.82, 2.24) is 0 Å².